The monoisotopic (exact) mass is 339 g/mol. The molecule has 0 radical (unpaired) electrons. The van der Waals surface area contributed by atoms with Gasteiger partial charge >= 0.3 is 0 Å². The van der Waals surface area contributed by atoms with Gasteiger partial charge in [-0.3, -0.25) is 9.59 Å². The number of halogens is 1. The molecule has 0 bridgehead atoms. The Morgan fingerprint density at radius 2 is 2.13 bits per heavy atom. The number of amides is 1. The zero-order chi connectivity index (χ0) is 15.9. The van der Waals surface area contributed by atoms with E-state index in [0.717, 1.165) is 49.0 Å². The van der Waals surface area contributed by atoms with Crippen LogP contribution in [0.4, 0.5) is 0 Å². The number of piperidine rings is 1. The Morgan fingerprint density at radius 3 is 2.78 bits per heavy atom. The van der Waals surface area contributed by atoms with Crippen molar-refractivity contribution in [1.82, 2.24) is 9.88 Å². The summed E-state index contributed by atoms with van der Waals surface area (Å²) in [5.74, 6) is 0.774. The zero-order valence-electron chi connectivity index (χ0n) is 13.9. The predicted octanol–water partition coefficient (Wildman–Crippen LogP) is 2.46. The minimum Gasteiger partial charge on any atom is -0.354 e. The smallest absolute Gasteiger partial charge is 0.270 e. The van der Waals surface area contributed by atoms with Gasteiger partial charge in [0.15, 0.2) is 5.78 Å². The third-order valence-corrected chi connectivity index (χ3v) is 5.16. The third-order valence-electron chi connectivity index (χ3n) is 5.16. The molecule has 0 saturated carbocycles. The third kappa shape index (κ3) is 3.17. The number of nitrogens with zero attached hydrogens (tertiary/aromatic N) is 1. The first-order valence-corrected chi connectivity index (χ1v) is 8.28. The highest BCUT2D eigenvalue weighted by atomic mass is 35.5. The molecule has 1 saturated heterocycles. The number of nitrogens with one attached hydrogen (secondary N) is 1. The highest BCUT2D eigenvalue weighted by Crippen LogP contribution is 2.29. The molecule has 0 spiro atoms. The van der Waals surface area contributed by atoms with E-state index in [-0.39, 0.29) is 30.1 Å². The van der Waals surface area contributed by atoms with Gasteiger partial charge < -0.3 is 15.6 Å². The standard InChI is InChI=1S/C17H25N3O2.ClH/c1-10-6-7-20(12(8-10)9-18)17(22)16-11(2)15-13(19-16)4-3-5-14(15)21;/h10,12,19H,3-9,18H2,1-2H3;1H. The van der Waals surface area contributed by atoms with Crippen LogP contribution >= 0.6 is 12.4 Å². The second-order valence-corrected chi connectivity index (χ2v) is 6.77. The van der Waals surface area contributed by atoms with E-state index >= 15 is 0 Å². The van der Waals surface area contributed by atoms with Crippen LogP contribution < -0.4 is 5.73 Å². The topological polar surface area (TPSA) is 79.2 Å². The van der Waals surface area contributed by atoms with Gasteiger partial charge in [-0.2, -0.15) is 0 Å². The van der Waals surface area contributed by atoms with Gasteiger partial charge in [0.25, 0.3) is 5.91 Å². The molecule has 1 amide bonds. The summed E-state index contributed by atoms with van der Waals surface area (Å²) in [6, 6.07) is 0.103. The van der Waals surface area contributed by atoms with Gasteiger partial charge in [-0.1, -0.05) is 6.92 Å². The van der Waals surface area contributed by atoms with Crippen LogP contribution in [0.5, 0.6) is 0 Å². The van der Waals surface area contributed by atoms with Gasteiger partial charge in [0.2, 0.25) is 0 Å². The van der Waals surface area contributed by atoms with Crippen molar-refractivity contribution in [1.29, 1.82) is 0 Å². The lowest BCUT2D eigenvalue weighted by Crippen LogP contribution is -2.49. The summed E-state index contributed by atoms with van der Waals surface area (Å²) >= 11 is 0. The Labute approximate surface area is 143 Å². The molecular weight excluding hydrogens is 314 g/mol. The van der Waals surface area contributed by atoms with E-state index in [1.54, 1.807) is 0 Å². The fraction of sp³-hybridized carbons (Fsp3) is 0.647. The maximum absolute atomic E-state index is 12.9. The highest BCUT2D eigenvalue weighted by molar-refractivity contribution is 6.04. The first-order chi connectivity index (χ1) is 10.5. The number of rotatable bonds is 2. The van der Waals surface area contributed by atoms with Crippen LogP contribution in [0, 0.1) is 12.8 Å². The largest absolute Gasteiger partial charge is 0.354 e. The lowest BCUT2D eigenvalue weighted by Gasteiger charge is -2.37. The number of aromatic nitrogens is 1. The number of nitrogens with two attached hydrogens (primary N) is 1. The fourth-order valence-electron chi connectivity index (χ4n) is 3.87. The van der Waals surface area contributed by atoms with Crippen LogP contribution in [0.2, 0.25) is 0 Å². The number of H-pyrrole nitrogens is 1. The van der Waals surface area contributed by atoms with Gasteiger partial charge in [-0.15, -0.1) is 12.4 Å². The van der Waals surface area contributed by atoms with Crippen molar-refractivity contribution < 1.29 is 9.59 Å². The summed E-state index contributed by atoms with van der Waals surface area (Å²) in [4.78, 5) is 30.2. The minimum atomic E-state index is 0. The first kappa shape index (κ1) is 18.0. The number of aryl methyl sites for hydroxylation is 1. The second-order valence-electron chi connectivity index (χ2n) is 6.77. The van der Waals surface area contributed by atoms with Gasteiger partial charge in [0.1, 0.15) is 5.69 Å². The Kier molecular flexibility index (Phi) is 5.53. The summed E-state index contributed by atoms with van der Waals surface area (Å²) in [5, 5.41) is 0. The van der Waals surface area contributed by atoms with Crippen molar-refractivity contribution in [3.8, 4) is 0 Å². The summed E-state index contributed by atoms with van der Waals surface area (Å²) in [6.45, 7) is 5.34. The van der Waals surface area contributed by atoms with Crippen LogP contribution in [-0.2, 0) is 6.42 Å². The van der Waals surface area contributed by atoms with Crippen molar-refractivity contribution >= 4 is 24.1 Å². The van der Waals surface area contributed by atoms with Crippen molar-refractivity contribution in [3.05, 3.63) is 22.5 Å². The van der Waals surface area contributed by atoms with Gasteiger partial charge in [0.05, 0.1) is 0 Å². The van der Waals surface area contributed by atoms with E-state index in [9.17, 15) is 9.59 Å². The molecule has 128 valence electrons. The fourth-order valence-corrected chi connectivity index (χ4v) is 3.87. The van der Waals surface area contributed by atoms with E-state index < -0.39 is 0 Å². The molecule has 6 heteroatoms. The number of likely N-dealkylation sites (tertiary alicyclic amines) is 1. The van der Waals surface area contributed by atoms with E-state index in [0.29, 0.717) is 24.6 Å². The average Bonchev–Trinajstić information content (AvgIpc) is 2.85. The summed E-state index contributed by atoms with van der Waals surface area (Å²) in [5.41, 5.74) is 8.97. The maximum atomic E-state index is 12.9. The van der Waals surface area contributed by atoms with Crippen molar-refractivity contribution in [2.75, 3.05) is 13.1 Å². The van der Waals surface area contributed by atoms with E-state index in [4.69, 9.17) is 5.73 Å². The predicted molar refractivity (Wildman–Crippen MR) is 92.3 cm³/mol. The minimum absolute atomic E-state index is 0. The molecule has 5 nitrogen and oxygen atoms in total. The molecule has 0 aromatic carbocycles. The molecule has 1 aliphatic heterocycles. The number of hydrogen-bond acceptors (Lipinski definition) is 3. The molecule has 2 unspecified atom stereocenters. The van der Waals surface area contributed by atoms with Crippen molar-refractivity contribution in [2.45, 2.75) is 52.0 Å². The summed E-state index contributed by atoms with van der Waals surface area (Å²) < 4.78 is 0. The average molecular weight is 340 g/mol. The van der Waals surface area contributed by atoms with Crippen LogP contribution in [0.15, 0.2) is 0 Å². The molecule has 3 rings (SSSR count). The van der Waals surface area contributed by atoms with Crippen LogP contribution in [0.25, 0.3) is 0 Å². The highest BCUT2D eigenvalue weighted by Gasteiger charge is 2.33. The quantitative estimate of drug-likeness (QED) is 0.868. The molecule has 1 fully saturated rings. The molecule has 3 N–H and O–H groups in total. The van der Waals surface area contributed by atoms with Gasteiger partial charge in [-0.05, 0) is 44.1 Å². The zero-order valence-corrected chi connectivity index (χ0v) is 14.7. The Bertz CT molecular complexity index is 611. The molecular formula is C17H26ClN3O2. The molecule has 2 aliphatic rings. The number of ketones is 1. The lowest BCUT2D eigenvalue weighted by atomic mass is 9.91. The Hall–Kier alpha value is -1.33. The van der Waals surface area contributed by atoms with Crippen molar-refractivity contribution in [3.63, 3.8) is 0 Å². The van der Waals surface area contributed by atoms with Crippen molar-refractivity contribution in [2.24, 2.45) is 11.7 Å². The number of carbonyl (C=O) groups is 2. The van der Waals surface area contributed by atoms with Gasteiger partial charge in [0, 0.05) is 36.8 Å². The number of Topliss-reactive ketones (excluding diaryl/α,β-unsaturated/α-hetero) is 1. The molecule has 2 atom stereocenters. The maximum Gasteiger partial charge on any atom is 0.270 e. The normalized spacial score (nSPS) is 24.1. The number of hydrogen-bond donors (Lipinski definition) is 2. The van der Waals surface area contributed by atoms with E-state index in [2.05, 4.69) is 11.9 Å². The SMILES string of the molecule is Cc1c(C(=O)N2CCC(C)CC2CN)[nH]c2c1C(=O)CCC2.Cl. The number of carbonyl (C=O) groups excluding carboxylic acids is 2. The second kappa shape index (κ2) is 7.05. The molecule has 2 heterocycles. The molecule has 23 heavy (non-hydrogen) atoms. The van der Waals surface area contributed by atoms with Crippen LogP contribution in [0.3, 0.4) is 0 Å². The Balaban J connectivity index is 0.00000192. The summed E-state index contributed by atoms with van der Waals surface area (Å²) in [7, 11) is 0. The number of aromatic amines is 1. The van der Waals surface area contributed by atoms with Crippen LogP contribution in [-0.4, -0.2) is 40.7 Å². The molecule has 1 aromatic rings. The van der Waals surface area contributed by atoms with E-state index in [1.807, 2.05) is 11.8 Å². The van der Waals surface area contributed by atoms with Gasteiger partial charge in [-0.25, -0.2) is 0 Å². The first-order valence-electron chi connectivity index (χ1n) is 8.28. The van der Waals surface area contributed by atoms with E-state index in [1.165, 1.54) is 0 Å². The molecule has 1 aromatic heterocycles. The van der Waals surface area contributed by atoms with Crippen LogP contribution in [0.1, 0.15) is 64.7 Å². The summed E-state index contributed by atoms with van der Waals surface area (Å²) in [6.07, 6.45) is 4.28. The Morgan fingerprint density at radius 1 is 1.39 bits per heavy atom. The molecule has 1 aliphatic carbocycles. The lowest BCUT2D eigenvalue weighted by molar-refractivity contribution is 0.0567. The number of fused-ring (bicyclic) bond motifs is 1.